The Morgan fingerprint density at radius 2 is 2.24 bits per heavy atom. The number of hydrogen-bond donors (Lipinski definition) is 1. The molecule has 0 saturated heterocycles. The van der Waals surface area contributed by atoms with E-state index < -0.39 is 12.8 Å². The minimum absolute atomic E-state index is 0.0263. The summed E-state index contributed by atoms with van der Waals surface area (Å²) in [4.78, 5) is 0. The molecule has 0 aromatic carbocycles. The van der Waals surface area contributed by atoms with E-state index in [0.29, 0.717) is 13.0 Å². The molecule has 0 amide bonds. The summed E-state index contributed by atoms with van der Waals surface area (Å²) in [5, 5.41) is 3.07. The third-order valence-electron chi connectivity index (χ3n) is 2.14. The second kappa shape index (κ2) is 6.66. The molecular formula is C11H16F3NO2. The molecule has 0 aliphatic carbocycles. The standard InChI is InChI=1S/C11H16F3NO2/c1-2-15-10(5-9-3-4-16-6-9)7-17-8-11(12,13)14/h3-4,6,10,15H,2,5,7-8H2,1H3. The van der Waals surface area contributed by atoms with Gasteiger partial charge in [0, 0.05) is 6.04 Å². The first-order valence-corrected chi connectivity index (χ1v) is 5.40. The van der Waals surface area contributed by atoms with Crippen LogP contribution in [-0.2, 0) is 11.2 Å². The predicted octanol–water partition coefficient (Wildman–Crippen LogP) is 2.38. The molecule has 1 atom stereocenters. The van der Waals surface area contributed by atoms with Gasteiger partial charge in [0.25, 0.3) is 0 Å². The van der Waals surface area contributed by atoms with Gasteiger partial charge in [-0.3, -0.25) is 0 Å². The first-order valence-electron chi connectivity index (χ1n) is 5.40. The molecule has 1 aromatic rings. The normalized spacial score (nSPS) is 13.9. The van der Waals surface area contributed by atoms with E-state index in [1.807, 2.05) is 6.92 Å². The maximum Gasteiger partial charge on any atom is 0.411 e. The summed E-state index contributed by atoms with van der Waals surface area (Å²) >= 11 is 0. The third kappa shape index (κ3) is 6.33. The summed E-state index contributed by atoms with van der Waals surface area (Å²) in [5.74, 6) is 0. The second-order valence-electron chi connectivity index (χ2n) is 3.72. The van der Waals surface area contributed by atoms with Gasteiger partial charge in [0.15, 0.2) is 0 Å². The van der Waals surface area contributed by atoms with Crippen LogP contribution in [-0.4, -0.2) is 32.0 Å². The quantitative estimate of drug-likeness (QED) is 0.808. The van der Waals surface area contributed by atoms with Gasteiger partial charge in [-0.05, 0) is 24.6 Å². The van der Waals surface area contributed by atoms with Gasteiger partial charge >= 0.3 is 6.18 Å². The van der Waals surface area contributed by atoms with Crippen molar-refractivity contribution in [2.24, 2.45) is 0 Å². The molecular weight excluding hydrogens is 235 g/mol. The first-order chi connectivity index (χ1) is 8.01. The molecule has 17 heavy (non-hydrogen) atoms. The van der Waals surface area contributed by atoms with E-state index in [4.69, 9.17) is 4.42 Å². The second-order valence-corrected chi connectivity index (χ2v) is 3.72. The zero-order chi connectivity index (χ0) is 12.7. The highest BCUT2D eigenvalue weighted by Gasteiger charge is 2.27. The van der Waals surface area contributed by atoms with E-state index in [-0.39, 0.29) is 12.6 Å². The zero-order valence-electron chi connectivity index (χ0n) is 9.59. The summed E-state index contributed by atoms with van der Waals surface area (Å²) in [5.41, 5.74) is 0.937. The highest BCUT2D eigenvalue weighted by Crippen LogP contribution is 2.14. The summed E-state index contributed by atoms with van der Waals surface area (Å²) in [6.07, 6.45) is -0.572. The van der Waals surface area contributed by atoms with Gasteiger partial charge < -0.3 is 14.5 Å². The van der Waals surface area contributed by atoms with Gasteiger partial charge in [-0.1, -0.05) is 6.92 Å². The molecule has 1 N–H and O–H groups in total. The van der Waals surface area contributed by atoms with Crippen molar-refractivity contribution in [3.8, 4) is 0 Å². The smallest absolute Gasteiger partial charge is 0.411 e. The van der Waals surface area contributed by atoms with Crippen LogP contribution in [0.15, 0.2) is 23.0 Å². The SMILES string of the molecule is CCNC(COCC(F)(F)F)Cc1ccoc1. The van der Waals surface area contributed by atoms with E-state index in [9.17, 15) is 13.2 Å². The molecule has 6 heteroatoms. The molecule has 1 rings (SSSR count). The average molecular weight is 251 g/mol. The van der Waals surface area contributed by atoms with Crippen molar-refractivity contribution in [2.75, 3.05) is 19.8 Å². The van der Waals surface area contributed by atoms with Gasteiger partial charge in [-0.2, -0.15) is 13.2 Å². The largest absolute Gasteiger partial charge is 0.472 e. The number of alkyl halides is 3. The Balaban J connectivity index is 2.33. The van der Waals surface area contributed by atoms with Gasteiger partial charge in [-0.25, -0.2) is 0 Å². The molecule has 0 fully saturated rings. The summed E-state index contributed by atoms with van der Waals surface area (Å²) in [6, 6.07) is 1.65. The monoisotopic (exact) mass is 251 g/mol. The Hall–Kier alpha value is -1.01. The molecule has 0 spiro atoms. The minimum Gasteiger partial charge on any atom is -0.472 e. The van der Waals surface area contributed by atoms with Crippen LogP contribution in [0.3, 0.4) is 0 Å². The van der Waals surface area contributed by atoms with Crippen LogP contribution < -0.4 is 5.32 Å². The molecule has 0 radical (unpaired) electrons. The fourth-order valence-corrected chi connectivity index (χ4v) is 1.49. The maximum atomic E-state index is 11.9. The Kier molecular flexibility index (Phi) is 5.50. The molecule has 0 saturated carbocycles. The number of furan rings is 1. The number of halogens is 3. The van der Waals surface area contributed by atoms with Crippen LogP contribution in [0, 0.1) is 0 Å². The van der Waals surface area contributed by atoms with Crippen molar-refractivity contribution in [3.05, 3.63) is 24.2 Å². The number of ether oxygens (including phenoxy) is 1. The van der Waals surface area contributed by atoms with Crippen molar-refractivity contribution in [1.29, 1.82) is 0 Å². The molecule has 3 nitrogen and oxygen atoms in total. The Labute approximate surface area is 97.9 Å². The van der Waals surface area contributed by atoms with Crippen molar-refractivity contribution in [3.63, 3.8) is 0 Å². The van der Waals surface area contributed by atoms with Gasteiger partial charge in [-0.15, -0.1) is 0 Å². The molecule has 0 aliphatic heterocycles. The zero-order valence-corrected chi connectivity index (χ0v) is 9.59. The Morgan fingerprint density at radius 3 is 2.76 bits per heavy atom. The van der Waals surface area contributed by atoms with E-state index in [1.165, 1.54) is 6.26 Å². The molecule has 98 valence electrons. The lowest BCUT2D eigenvalue weighted by Gasteiger charge is -2.17. The Bertz CT molecular complexity index is 298. The number of nitrogens with one attached hydrogen (secondary N) is 1. The summed E-state index contributed by atoms with van der Waals surface area (Å²) < 4.78 is 45.3. The highest BCUT2D eigenvalue weighted by molar-refractivity contribution is 5.07. The average Bonchev–Trinajstić information content (AvgIpc) is 2.68. The lowest BCUT2D eigenvalue weighted by atomic mass is 10.1. The summed E-state index contributed by atoms with van der Waals surface area (Å²) in [7, 11) is 0. The van der Waals surface area contributed by atoms with Crippen LogP contribution in [0.4, 0.5) is 13.2 Å². The molecule has 0 aliphatic rings. The van der Waals surface area contributed by atoms with E-state index in [2.05, 4.69) is 10.1 Å². The number of rotatable bonds is 7. The topological polar surface area (TPSA) is 34.4 Å². The van der Waals surface area contributed by atoms with Crippen LogP contribution in [0.25, 0.3) is 0 Å². The Morgan fingerprint density at radius 1 is 1.47 bits per heavy atom. The fraction of sp³-hybridized carbons (Fsp3) is 0.636. The van der Waals surface area contributed by atoms with Gasteiger partial charge in [0.2, 0.25) is 0 Å². The lowest BCUT2D eigenvalue weighted by Crippen LogP contribution is -2.36. The number of hydrogen-bond acceptors (Lipinski definition) is 3. The van der Waals surface area contributed by atoms with Crippen molar-refractivity contribution >= 4 is 0 Å². The van der Waals surface area contributed by atoms with Crippen LogP contribution in [0.5, 0.6) is 0 Å². The minimum atomic E-state index is -4.27. The molecule has 1 aromatic heterocycles. The van der Waals surface area contributed by atoms with Gasteiger partial charge in [0.05, 0.1) is 19.1 Å². The third-order valence-corrected chi connectivity index (χ3v) is 2.14. The molecule has 1 unspecified atom stereocenters. The lowest BCUT2D eigenvalue weighted by molar-refractivity contribution is -0.175. The number of likely N-dealkylation sites (N-methyl/N-ethyl adjacent to an activating group) is 1. The molecule has 0 bridgehead atoms. The van der Waals surface area contributed by atoms with Crippen LogP contribution in [0.1, 0.15) is 12.5 Å². The van der Waals surface area contributed by atoms with Crippen molar-refractivity contribution in [1.82, 2.24) is 5.32 Å². The van der Waals surface area contributed by atoms with Crippen molar-refractivity contribution in [2.45, 2.75) is 25.6 Å². The van der Waals surface area contributed by atoms with Crippen LogP contribution >= 0.6 is 0 Å². The van der Waals surface area contributed by atoms with Crippen molar-refractivity contribution < 1.29 is 22.3 Å². The van der Waals surface area contributed by atoms with Gasteiger partial charge in [0.1, 0.15) is 6.61 Å². The van der Waals surface area contributed by atoms with E-state index in [1.54, 1.807) is 12.3 Å². The predicted molar refractivity (Wildman–Crippen MR) is 56.8 cm³/mol. The van der Waals surface area contributed by atoms with Crippen LogP contribution in [0.2, 0.25) is 0 Å². The highest BCUT2D eigenvalue weighted by atomic mass is 19.4. The first kappa shape index (κ1) is 14.1. The molecule has 1 heterocycles. The summed E-state index contributed by atoms with van der Waals surface area (Å²) in [6.45, 7) is 1.39. The maximum absolute atomic E-state index is 11.9. The fourth-order valence-electron chi connectivity index (χ4n) is 1.49. The van der Waals surface area contributed by atoms with E-state index >= 15 is 0 Å². The van der Waals surface area contributed by atoms with E-state index in [0.717, 1.165) is 5.56 Å².